The van der Waals surface area contributed by atoms with Crippen LogP contribution in [0.3, 0.4) is 0 Å². The first-order chi connectivity index (χ1) is 9.97. The molecule has 0 radical (unpaired) electrons. The number of amides is 3. The average Bonchev–Trinajstić information content (AvgIpc) is 2.47. The highest BCUT2D eigenvalue weighted by atomic mass is 16.4. The topological polar surface area (TPSA) is 98.7 Å². The van der Waals surface area contributed by atoms with Crippen LogP contribution in [0.2, 0.25) is 0 Å². The van der Waals surface area contributed by atoms with E-state index >= 15 is 0 Å². The zero-order valence-electron chi connectivity index (χ0n) is 12.7. The predicted molar refractivity (Wildman–Crippen MR) is 77.8 cm³/mol. The summed E-state index contributed by atoms with van der Waals surface area (Å²) >= 11 is 0. The number of nitrogens with one attached hydrogen (secondary N) is 2. The molecule has 0 atom stereocenters. The molecule has 0 heterocycles. The molecular formula is C14H25N3O4. The van der Waals surface area contributed by atoms with Gasteiger partial charge in [-0.1, -0.05) is 0 Å². The summed E-state index contributed by atoms with van der Waals surface area (Å²) in [5, 5.41) is 14.3. The van der Waals surface area contributed by atoms with Crippen molar-refractivity contribution in [3.8, 4) is 0 Å². The quantitative estimate of drug-likeness (QED) is 0.675. The Kier molecular flexibility index (Phi) is 6.98. The molecule has 1 rings (SSSR count). The first-order valence-corrected chi connectivity index (χ1v) is 7.52. The van der Waals surface area contributed by atoms with Gasteiger partial charge in [-0.3, -0.25) is 9.59 Å². The maximum absolute atomic E-state index is 11.7. The van der Waals surface area contributed by atoms with E-state index in [-0.39, 0.29) is 30.4 Å². The summed E-state index contributed by atoms with van der Waals surface area (Å²) < 4.78 is 0. The molecule has 3 N–H and O–H groups in total. The summed E-state index contributed by atoms with van der Waals surface area (Å²) in [6.07, 6.45) is 2.49. The van der Waals surface area contributed by atoms with E-state index in [4.69, 9.17) is 5.11 Å². The molecule has 0 bridgehead atoms. The standard InChI is InChI=1S/C14H25N3O4/c1-3-17(4-2)12(18)9-15-14(21)16-11-7-5-10(6-8-11)13(19)20/h10-11H,3-9H2,1-2H3,(H,19,20)(H2,15,16,21). The van der Waals surface area contributed by atoms with E-state index in [2.05, 4.69) is 10.6 Å². The van der Waals surface area contributed by atoms with E-state index in [9.17, 15) is 14.4 Å². The average molecular weight is 299 g/mol. The molecule has 1 fully saturated rings. The fourth-order valence-electron chi connectivity index (χ4n) is 2.57. The van der Waals surface area contributed by atoms with Gasteiger partial charge in [0.25, 0.3) is 0 Å². The molecule has 3 amide bonds. The smallest absolute Gasteiger partial charge is 0.315 e. The Morgan fingerprint density at radius 2 is 1.67 bits per heavy atom. The Balaban J connectivity index is 2.26. The first kappa shape index (κ1) is 17.3. The lowest BCUT2D eigenvalue weighted by Gasteiger charge is -2.27. The summed E-state index contributed by atoms with van der Waals surface area (Å²) in [5.41, 5.74) is 0. The van der Waals surface area contributed by atoms with Crippen molar-refractivity contribution in [1.82, 2.24) is 15.5 Å². The van der Waals surface area contributed by atoms with Gasteiger partial charge in [0.05, 0.1) is 12.5 Å². The molecule has 0 aromatic rings. The van der Waals surface area contributed by atoms with Crippen molar-refractivity contribution in [2.75, 3.05) is 19.6 Å². The lowest BCUT2D eigenvalue weighted by atomic mass is 9.86. The number of rotatable bonds is 6. The Morgan fingerprint density at radius 3 is 2.14 bits per heavy atom. The third-order valence-corrected chi connectivity index (χ3v) is 3.93. The van der Waals surface area contributed by atoms with Gasteiger partial charge >= 0.3 is 12.0 Å². The third-order valence-electron chi connectivity index (χ3n) is 3.93. The van der Waals surface area contributed by atoms with Crippen molar-refractivity contribution in [3.05, 3.63) is 0 Å². The van der Waals surface area contributed by atoms with Crippen LogP contribution in [-0.2, 0) is 9.59 Å². The van der Waals surface area contributed by atoms with E-state index in [1.165, 1.54) is 0 Å². The number of hydrogen-bond acceptors (Lipinski definition) is 3. The summed E-state index contributed by atoms with van der Waals surface area (Å²) in [5.74, 6) is -1.16. The van der Waals surface area contributed by atoms with Crippen LogP contribution >= 0.6 is 0 Å². The second-order valence-electron chi connectivity index (χ2n) is 5.28. The second-order valence-corrected chi connectivity index (χ2v) is 5.28. The molecule has 0 aromatic carbocycles. The minimum atomic E-state index is -0.761. The highest BCUT2D eigenvalue weighted by Gasteiger charge is 2.26. The molecule has 0 saturated heterocycles. The van der Waals surface area contributed by atoms with Gasteiger partial charge in [-0.2, -0.15) is 0 Å². The highest BCUT2D eigenvalue weighted by molar-refractivity contribution is 5.84. The predicted octanol–water partition coefficient (Wildman–Crippen LogP) is 0.797. The van der Waals surface area contributed by atoms with Crippen molar-refractivity contribution >= 4 is 17.9 Å². The third kappa shape index (κ3) is 5.61. The minimum Gasteiger partial charge on any atom is -0.481 e. The number of carbonyl (C=O) groups is 3. The van der Waals surface area contributed by atoms with Gasteiger partial charge in [-0.25, -0.2) is 4.79 Å². The minimum absolute atomic E-state index is 0.0100. The fraction of sp³-hybridized carbons (Fsp3) is 0.786. The van der Waals surface area contributed by atoms with Gasteiger partial charge in [-0.15, -0.1) is 0 Å². The number of carboxylic acid groups (broad SMARTS) is 1. The number of likely N-dealkylation sites (N-methyl/N-ethyl adjacent to an activating group) is 1. The van der Waals surface area contributed by atoms with Gasteiger partial charge in [-0.05, 0) is 39.5 Å². The number of urea groups is 1. The zero-order valence-corrected chi connectivity index (χ0v) is 12.7. The Morgan fingerprint density at radius 1 is 1.10 bits per heavy atom. The van der Waals surface area contributed by atoms with E-state index in [0.717, 1.165) is 0 Å². The van der Waals surface area contributed by atoms with Crippen LogP contribution in [0.25, 0.3) is 0 Å². The number of nitrogens with zero attached hydrogens (tertiary/aromatic N) is 1. The number of carboxylic acids is 1. The molecule has 0 unspecified atom stereocenters. The lowest BCUT2D eigenvalue weighted by Crippen LogP contribution is -2.47. The maximum Gasteiger partial charge on any atom is 0.315 e. The summed E-state index contributed by atoms with van der Waals surface area (Å²) in [6.45, 7) is 5.01. The second kappa shape index (κ2) is 8.49. The SMILES string of the molecule is CCN(CC)C(=O)CNC(=O)NC1CCC(C(=O)O)CC1. The van der Waals surface area contributed by atoms with Crippen LogP contribution in [0.5, 0.6) is 0 Å². The van der Waals surface area contributed by atoms with Crippen molar-refractivity contribution in [2.24, 2.45) is 5.92 Å². The van der Waals surface area contributed by atoms with Crippen LogP contribution < -0.4 is 10.6 Å². The van der Waals surface area contributed by atoms with E-state index in [1.807, 2.05) is 13.8 Å². The summed E-state index contributed by atoms with van der Waals surface area (Å²) in [6, 6.07) is -0.376. The molecule has 1 aliphatic rings. The lowest BCUT2D eigenvalue weighted by molar-refractivity contribution is -0.142. The maximum atomic E-state index is 11.7. The summed E-state index contributed by atoms with van der Waals surface area (Å²) in [4.78, 5) is 35.9. The van der Waals surface area contributed by atoms with Crippen molar-refractivity contribution < 1.29 is 19.5 Å². The van der Waals surface area contributed by atoms with Crippen molar-refractivity contribution in [3.63, 3.8) is 0 Å². The van der Waals surface area contributed by atoms with Crippen LogP contribution in [0.15, 0.2) is 0 Å². The Hall–Kier alpha value is -1.79. The van der Waals surface area contributed by atoms with Crippen molar-refractivity contribution in [1.29, 1.82) is 0 Å². The van der Waals surface area contributed by atoms with Crippen molar-refractivity contribution in [2.45, 2.75) is 45.6 Å². The van der Waals surface area contributed by atoms with Crippen LogP contribution in [0, 0.1) is 5.92 Å². The Bertz CT molecular complexity index is 374. The van der Waals surface area contributed by atoms with Crippen LogP contribution in [0.1, 0.15) is 39.5 Å². The number of carbonyl (C=O) groups excluding carboxylic acids is 2. The van der Waals surface area contributed by atoms with E-state index < -0.39 is 5.97 Å². The molecule has 1 aliphatic carbocycles. The van der Waals surface area contributed by atoms with E-state index in [0.29, 0.717) is 38.8 Å². The van der Waals surface area contributed by atoms with Crippen LogP contribution in [0.4, 0.5) is 4.79 Å². The van der Waals surface area contributed by atoms with Gasteiger partial charge in [0.15, 0.2) is 0 Å². The molecule has 0 aliphatic heterocycles. The molecular weight excluding hydrogens is 274 g/mol. The monoisotopic (exact) mass is 299 g/mol. The molecule has 1 saturated carbocycles. The summed E-state index contributed by atoms with van der Waals surface area (Å²) in [7, 11) is 0. The molecule has 0 aromatic heterocycles. The van der Waals surface area contributed by atoms with Gasteiger partial charge in [0.1, 0.15) is 0 Å². The number of aliphatic carboxylic acids is 1. The van der Waals surface area contributed by atoms with Gasteiger partial charge < -0.3 is 20.6 Å². The molecule has 7 nitrogen and oxygen atoms in total. The molecule has 120 valence electrons. The Labute approximate surface area is 125 Å². The van der Waals surface area contributed by atoms with Gasteiger partial charge in [0, 0.05) is 19.1 Å². The number of hydrogen-bond donors (Lipinski definition) is 3. The highest BCUT2D eigenvalue weighted by Crippen LogP contribution is 2.24. The molecule has 7 heteroatoms. The first-order valence-electron chi connectivity index (χ1n) is 7.52. The van der Waals surface area contributed by atoms with Gasteiger partial charge in [0.2, 0.25) is 5.91 Å². The molecule has 0 spiro atoms. The largest absolute Gasteiger partial charge is 0.481 e. The zero-order chi connectivity index (χ0) is 15.8. The fourth-order valence-corrected chi connectivity index (χ4v) is 2.57. The van der Waals surface area contributed by atoms with Crippen LogP contribution in [-0.4, -0.2) is 53.6 Å². The van der Waals surface area contributed by atoms with E-state index in [1.54, 1.807) is 4.90 Å². The normalized spacial score (nSPS) is 21.4. The molecule has 21 heavy (non-hydrogen) atoms.